The van der Waals surface area contributed by atoms with E-state index in [1.807, 2.05) is 0 Å². The van der Waals surface area contributed by atoms with Gasteiger partial charge in [-0.2, -0.15) is 0 Å². The van der Waals surface area contributed by atoms with Crippen LogP contribution in [0.2, 0.25) is 0 Å². The minimum atomic E-state index is -0.746. The Kier molecular flexibility index (Phi) is 3.06. The fourth-order valence-corrected chi connectivity index (χ4v) is 2.99. The number of nitrogens with one attached hydrogen (secondary N) is 2. The fraction of sp³-hybridized carbons (Fsp3) is 0.500. The second-order valence-electron chi connectivity index (χ2n) is 5.25. The first-order chi connectivity index (χ1) is 8.72. The Morgan fingerprint density at radius 3 is 2.94 bits per heavy atom. The fourth-order valence-electron chi connectivity index (χ4n) is 2.99. The number of carboxylic acids is 1. The van der Waals surface area contributed by atoms with Crippen LogP contribution in [0.15, 0.2) is 18.2 Å². The summed E-state index contributed by atoms with van der Waals surface area (Å²) in [6.07, 6.45) is 4.66. The van der Waals surface area contributed by atoms with Crippen molar-refractivity contribution in [2.24, 2.45) is 0 Å². The lowest BCUT2D eigenvalue weighted by molar-refractivity contribution is -0.137. The Labute approximate surface area is 106 Å². The van der Waals surface area contributed by atoms with Gasteiger partial charge in [0.25, 0.3) is 0 Å². The van der Waals surface area contributed by atoms with Crippen molar-refractivity contribution < 1.29 is 9.90 Å². The van der Waals surface area contributed by atoms with E-state index in [4.69, 9.17) is 5.11 Å². The highest BCUT2D eigenvalue weighted by molar-refractivity contribution is 5.67. The molecular formula is C14H18N2O2. The summed E-state index contributed by atoms with van der Waals surface area (Å²) in [5, 5.41) is 8.79. The number of hydrogen-bond acceptors (Lipinski definition) is 3. The highest BCUT2D eigenvalue weighted by atomic mass is 16.4. The Morgan fingerprint density at radius 1 is 1.28 bits per heavy atom. The Hall–Kier alpha value is -1.39. The molecule has 4 nitrogen and oxygen atoms in total. The lowest BCUT2D eigenvalue weighted by Crippen LogP contribution is -2.32. The molecular weight excluding hydrogens is 228 g/mol. The van der Waals surface area contributed by atoms with Crippen LogP contribution in [-0.2, 0) is 17.6 Å². The summed E-state index contributed by atoms with van der Waals surface area (Å²) in [6.45, 7) is 0. The van der Waals surface area contributed by atoms with Gasteiger partial charge in [0.05, 0.1) is 6.42 Å². The third kappa shape index (κ3) is 2.26. The molecule has 1 aliphatic carbocycles. The van der Waals surface area contributed by atoms with Gasteiger partial charge in [-0.3, -0.25) is 10.2 Å². The Balaban J connectivity index is 1.71. The summed E-state index contributed by atoms with van der Waals surface area (Å²) >= 11 is 0. The highest BCUT2D eigenvalue weighted by Crippen LogP contribution is 2.29. The van der Waals surface area contributed by atoms with E-state index in [9.17, 15) is 4.79 Å². The van der Waals surface area contributed by atoms with Crippen molar-refractivity contribution in [2.45, 2.75) is 44.2 Å². The van der Waals surface area contributed by atoms with Crippen molar-refractivity contribution >= 4 is 5.97 Å². The lowest BCUT2D eigenvalue weighted by atomic mass is 9.97. The van der Waals surface area contributed by atoms with Crippen LogP contribution in [0, 0.1) is 0 Å². The number of fused-ring (bicyclic) bond motifs is 1. The lowest BCUT2D eigenvalue weighted by Gasteiger charge is -2.11. The van der Waals surface area contributed by atoms with Gasteiger partial charge in [-0.1, -0.05) is 18.2 Å². The van der Waals surface area contributed by atoms with Crippen molar-refractivity contribution in [3.05, 3.63) is 34.9 Å². The predicted molar refractivity (Wildman–Crippen MR) is 68.1 cm³/mol. The van der Waals surface area contributed by atoms with Crippen molar-refractivity contribution in [3.8, 4) is 0 Å². The highest BCUT2D eigenvalue weighted by Gasteiger charge is 2.27. The van der Waals surface area contributed by atoms with E-state index in [1.54, 1.807) is 0 Å². The summed E-state index contributed by atoms with van der Waals surface area (Å²) < 4.78 is 0. The molecule has 1 fully saturated rings. The predicted octanol–water partition coefficient (Wildman–Crippen LogP) is 1.56. The van der Waals surface area contributed by atoms with Crippen LogP contribution in [0.1, 0.15) is 42.0 Å². The summed E-state index contributed by atoms with van der Waals surface area (Å²) in [5.74, 6) is -0.746. The molecule has 4 heteroatoms. The van der Waals surface area contributed by atoms with Crippen LogP contribution in [0.3, 0.4) is 0 Å². The smallest absolute Gasteiger partial charge is 0.304 e. The van der Waals surface area contributed by atoms with Crippen LogP contribution in [0.4, 0.5) is 0 Å². The summed E-state index contributed by atoms with van der Waals surface area (Å²) in [4.78, 5) is 10.7. The van der Waals surface area contributed by atoms with E-state index in [0.717, 1.165) is 6.42 Å². The maximum absolute atomic E-state index is 10.7. The van der Waals surface area contributed by atoms with Gasteiger partial charge in [-0.05, 0) is 42.4 Å². The molecule has 2 aliphatic rings. The molecule has 1 saturated heterocycles. The molecule has 2 unspecified atom stereocenters. The number of benzene rings is 1. The van der Waals surface area contributed by atoms with E-state index in [-0.39, 0.29) is 18.5 Å². The normalized spacial score (nSPS) is 26.2. The Morgan fingerprint density at radius 2 is 2.11 bits per heavy atom. The van der Waals surface area contributed by atoms with Crippen LogP contribution < -0.4 is 10.9 Å². The van der Waals surface area contributed by atoms with Crippen LogP contribution in [-0.4, -0.2) is 17.1 Å². The van der Waals surface area contributed by atoms with E-state index >= 15 is 0 Å². The second kappa shape index (κ2) is 4.71. The molecule has 96 valence electrons. The zero-order chi connectivity index (χ0) is 12.5. The molecule has 0 bridgehead atoms. The number of carboxylic acid groups (broad SMARTS) is 1. The van der Waals surface area contributed by atoms with E-state index in [2.05, 4.69) is 29.1 Å². The minimum absolute atomic E-state index is 0.0285. The SMILES string of the molecule is O=C(O)CC1CC(c2ccc3c(c2)CCC3)NN1. The first kappa shape index (κ1) is 11.7. The molecule has 0 radical (unpaired) electrons. The van der Waals surface area contributed by atoms with Gasteiger partial charge in [-0.15, -0.1) is 0 Å². The summed E-state index contributed by atoms with van der Waals surface area (Å²) in [6, 6.07) is 6.95. The van der Waals surface area contributed by atoms with Gasteiger partial charge in [0.2, 0.25) is 0 Å². The van der Waals surface area contributed by atoms with Gasteiger partial charge in [0.15, 0.2) is 0 Å². The zero-order valence-corrected chi connectivity index (χ0v) is 10.3. The van der Waals surface area contributed by atoms with Gasteiger partial charge < -0.3 is 5.11 Å². The van der Waals surface area contributed by atoms with Gasteiger partial charge in [0, 0.05) is 12.1 Å². The van der Waals surface area contributed by atoms with Crippen LogP contribution in [0.5, 0.6) is 0 Å². The van der Waals surface area contributed by atoms with E-state index in [0.29, 0.717) is 0 Å². The topological polar surface area (TPSA) is 61.4 Å². The molecule has 1 heterocycles. The molecule has 0 aromatic heterocycles. The maximum atomic E-state index is 10.7. The van der Waals surface area contributed by atoms with Gasteiger partial charge >= 0.3 is 5.97 Å². The molecule has 1 aromatic carbocycles. The first-order valence-electron chi connectivity index (χ1n) is 6.57. The number of aliphatic carboxylic acids is 1. The van der Waals surface area contributed by atoms with Gasteiger partial charge in [0.1, 0.15) is 0 Å². The second-order valence-corrected chi connectivity index (χ2v) is 5.25. The number of aryl methyl sites for hydroxylation is 2. The van der Waals surface area contributed by atoms with Gasteiger partial charge in [-0.25, -0.2) is 5.43 Å². The number of hydrogen-bond donors (Lipinski definition) is 3. The van der Waals surface area contributed by atoms with Crippen LogP contribution in [0.25, 0.3) is 0 Å². The van der Waals surface area contributed by atoms with Crippen molar-refractivity contribution in [1.29, 1.82) is 0 Å². The van der Waals surface area contributed by atoms with E-state index < -0.39 is 5.97 Å². The standard InChI is InChI=1S/C14H18N2O2/c17-14(18)8-12-7-13(16-15-12)11-5-4-9-2-1-3-10(9)6-11/h4-6,12-13,15-16H,1-3,7-8H2,(H,17,18). The summed E-state index contributed by atoms with van der Waals surface area (Å²) in [7, 11) is 0. The molecule has 0 saturated carbocycles. The third-order valence-corrected chi connectivity index (χ3v) is 3.93. The average Bonchev–Trinajstić information content (AvgIpc) is 2.95. The molecule has 3 N–H and O–H groups in total. The van der Waals surface area contributed by atoms with Crippen molar-refractivity contribution in [3.63, 3.8) is 0 Å². The molecule has 0 spiro atoms. The van der Waals surface area contributed by atoms with Crippen molar-refractivity contribution in [2.75, 3.05) is 0 Å². The molecule has 1 aliphatic heterocycles. The largest absolute Gasteiger partial charge is 0.481 e. The minimum Gasteiger partial charge on any atom is -0.481 e. The number of carbonyl (C=O) groups is 1. The number of hydrazine groups is 1. The summed E-state index contributed by atoms with van der Waals surface area (Å²) in [5.41, 5.74) is 10.5. The third-order valence-electron chi connectivity index (χ3n) is 3.93. The quantitative estimate of drug-likeness (QED) is 0.757. The monoisotopic (exact) mass is 246 g/mol. The molecule has 18 heavy (non-hydrogen) atoms. The molecule has 0 amide bonds. The number of rotatable bonds is 3. The molecule has 3 rings (SSSR count). The zero-order valence-electron chi connectivity index (χ0n) is 10.3. The maximum Gasteiger partial charge on any atom is 0.304 e. The first-order valence-corrected chi connectivity index (χ1v) is 6.57. The van der Waals surface area contributed by atoms with Crippen molar-refractivity contribution in [1.82, 2.24) is 10.9 Å². The Bertz CT molecular complexity index is 473. The molecule has 2 atom stereocenters. The average molecular weight is 246 g/mol. The molecule has 1 aromatic rings. The van der Waals surface area contributed by atoms with Crippen LogP contribution >= 0.6 is 0 Å². The van der Waals surface area contributed by atoms with E-state index in [1.165, 1.54) is 36.0 Å².